The molecular formula is C20H18ClNO5S. The molecule has 8 heteroatoms. The third kappa shape index (κ3) is 4.48. The van der Waals surface area contributed by atoms with Crippen molar-refractivity contribution < 1.29 is 23.5 Å². The molecule has 3 rings (SSSR count). The molecule has 0 aliphatic carbocycles. The Morgan fingerprint density at radius 2 is 2.04 bits per heavy atom. The fourth-order valence-corrected chi connectivity index (χ4v) is 3.62. The average molecular weight is 420 g/mol. The van der Waals surface area contributed by atoms with Crippen LogP contribution in [0.5, 0.6) is 0 Å². The predicted octanol–water partition coefficient (Wildman–Crippen LogP) is 4.90. The zero-order valence-corrected chi connectivity index (χ0v) is 17.1. The van der Waals surface area contributed by atoms with Crippen LogP contribution in [0.1, 0.15) is 25.2 Å². The summed E-state index contributed by atoms with van der Waals surface area (Å²) in [7, 11) is 0. The van der Waals surface area contributed by atoms with Crippen LogP contribution in [0.15, 0.2) is 39.7 Å². The highest BCUT2D eigenvalue weighted by atomic mass is 35.5. The van der Waals surface area contributed by atoms with Crippen LogP contribution in [0.3, 0.4) is 0 Å². The Morgan fingerprint density at radius 3 is 2.75 bits per heavy atom. The number of ether oxygens (including phenoxy) is 1. The molecule has 1 saturated heterocycles. The molecule has 2 amide bonds. The van der Waals surface area contributed by atoms with Crippen molar-refractivity contribution in [2.45, 2.75) is 26.9 Å². The minimum absolute atomic E-state index is 0.186. The summed E-state index contributed by atoms with van der Waals surface area (Å²) < 4.78 is 10.8. The lowest BCUT2D eigenvalue weighted by Crippen LogP contribution is -2.35. The van der Waals surface area contributed by atoms with Gasteiger partial charge in [0.25, 0.3) is 11.1 Å². The van der Waals surface area contributed by atoms with Gasteiger partial charge in [-0.3, -0.25) is 19.3 Å². The van der Waals surface area contributed by atoms with Crippen LogP contribution < -0.4 is 0 Å². The summed E-state index contributed by atoms with van der Waals surface area (Å²) in [6.07, 6.45) is 1.17. The molecule has 2 heterocycles. The van der Waals surface area contributed by atoms with Gasteiger partial charge in [-0.25, -0.2) is 0 Å². The molecule has 6 nitrogen and oxygen atoms in total. The lowest BCUT2D eigenvalue weighted by atomic mass is 10.1. The molecule has 1 aliphatic heterocycles. The van der Waals surface area contributed by atoms with Gasteiger partial charge >= 0.3 is 5.97 Å². The number of nitrogens with zero attached hydrogens (tertiary/aromatic N) is 1. The molecule has 28 heavy (non-hydrogen) atoms. The number of furan rings is 1. The van der Waals surface area contributed by atoms with Gasteiger partial charge < -0.3 is 9.15 Å². The molecule has 0 atom stereocenters. The Morgan fingerprint density at radius 1 is 1.29 bits per heavy atom. The highest BCUT2D eigenvalue weighted by Crippen LogP contribution is 2.34. The summed E-state index contributed by atoms with van der Waals surface area (Å²) in [5, 5.41) is 0.0716. The first-order valence-corrected chi connectivity index (χ1v) is 9.75. The second kappa shape index (κ2) is 8.24. The standard InChI is InChI=1S/C20H18ClNO5S/c1-11(2)26-18(23)10-22-19(24)17(28-20(22)25)9-14-6-7-16(27-14)15-8-13(21)5-4-12(15)3/h4-9,11H,10H2,1-3H3. The van der Waals surface area contributed by atoms with E-state index in [0.29, 0.717) is 16.5 Å². The predicted molar refractivity (Wildman–Crippen MR) is 108 cm³/mol. The Bertz CT molecular complexity index is 979. The summed E-state index contributed by atoms with van der Waals surface area (Å²) in [6.45, 7) is 4.92. The summed E-state index contributed by atoms with van der Waals surface area (Å²) in [6, 6.07) is 8.96. The number of hydrogen-bond donors (Lipinski definition) is 0. The number of thioether (sulfide) groups is 1. The fraction of sp³-hybridized carbons (Fsp3) is 0.250. The van der Waals surface area contributed by atoms with E-state index in [1.54, 1.807) is 38.1 Å². The van der Waals surface area contributed by atoms with E-state index in [0.717, 1.165) is 27.8 Å². The molecule has 1 aliphatic rings. The highest BCUT2D eigenvalue weighted by molar-refractivity contribution is 8.18. The maximum absolute atomic E-state index is 12.5. The van der Waals surface area contributed by atoms with Gasteiger partial charge in [-0.15, -0.1) is 0 Å². The van der Waals surface area contributed by atoms with Crippen molar-refractivity contribution in [2.75, 3.05) is 6.54 Å². The van der Waals surface area contributed by atoms with Crippen LogP contribution in [0.2, 0.25) is 5.02 Å². The molecule has 1 aromatic heterocycles. The van der Waals surface area contributed by atoms with Crippen LogP contribution in [-0.2, 0) is 14.3 Å². The molecular weight excluding hydrogens is 402 g/mol. The topological polar surface area (TPSA) is 76.8 Å². The lowest BCUT2D eigenvalue weighted by Gasteiger charge is -2.13. The smallest absolute Gasteiger partial charge is 0.326 e. The van der Waals surface area contributed by atoms with E-state index in [-0.39, 0.29) is 11.0 Å². The number of rotatable bonds is 5. The first-order valence-electron chi connectivity index (χ1n) is 8.56. The average Bonchev–Trinajstić information content (AvgIpc) is 3.17. The van der Waals surface area contributed by atoms with E-state index >= 15 is 0 Å². The van der Waals surface area contributed by atoms with Gasteiger partial charge in [0, 0.05) is 16.7 Å². The molecule has 0 saturated carbocycles. The number of carbonyl (C=O) groups excluding carboxylic acids is 3. The number of amides is 2. The molecule has 0 N–H and O–H groups in total. The first-order chi connectivity index (χ1) is 13.2. The maximum atomic E-state index is 12.5. The van der Waals surface area contributed by atoms with Crippen molar-refractivity contribution in [1.29, 1.82) is 0 Å². The first kappa shape index (κ1) is 20.2. The maximum Gasteiger partial charge on any atom is 0.326 e. The quantitative estimate of drug-likeness (QED) is 0.507. The Kier molecular flexibility index (Phi) is 5.96. The number of esters is 1. The molecule has 2 aromatic rings. The van der Waals surface area contributed by atoms with Crippen molar-refractivity contribution >= 4 is 46.6 Å². The van der Waals surface area contributed by atoms with E-state index in [9.17, 15) is 14.4 Å². The van der Waals surface area contributed by atoms with E-state index in [2.05, 4.69) is 0 Å². The summed E-state index contributed by atoms with van der Waals surface area (Å²) in [5.74, 6) is -0.154. The van der Waals surface area contributed by atoms with Crippen molar-refractivity contribution in [2.24, 2.45) is 0 Å². The van der Waals surface area contributed by atoms with Gasteiger partial charge in [-0.05, 0) is 62.4 Å². The van der Waals surface area contributed by atoms with Crippen LogP contribution in [-0.4, -0.2) is 34.7 Å². The van der Waals surface area contributed by atoms with E-state index in [1.807, 2.05) is 13.0 Å². The Balaban J connectivity index is 1.78. The van der Waals surface area contributed by atoms with Crippen molar-refractivity contribution in [3.05, 3.63) is 51.6 Å². The van der Waals surface area contributed by atoms with Crippen LogP contribution in [0.25, 0.3) is 17.4 Å². The number of imide groups is 1. The van der Waals surface area contributed by atoms with Gasteiger partial charge in [0.05, 0.1) is 11.0 Å². The van der Waals surface area contributed by atoms with Crippen molar-refractivity contribution in [3.8, 4) is 11.3 Å². The SMILES string of the molecule is Cc1ccc(Cl)cc1-c1ccc(C=C2SC(=O)N(CC(=O)OC(C)C)C2=O)o1. The minimum atomic E-state index is -0.629. The van der Waals surface area contributed by atoms with Gasteiger partial charge in [0.1, 0.15) is 18.1 Å². The van der Waals surface area contributed by atoms with Crippen LogP contribution in [0, 0.1) is 6.92 Å². The number of aryl methyl sites for hydroxylation is 1. The third-order valence-corrected chi connectivity index (χ3v) is 5.04. The second-order valence-corrected chi connectivity index (χ2v) is 7.90. The summed E-state index contributed by atoms with van der Waals surface area (Å²) in [4.78, 5) is 37.4. The van der Waals surface area contributed by atoms with Gasteiger partial charge in [-0.1, -0.05) is 17.7 Å². The zero-order valence-electron chi connectivity index (χ0n) is 15.5. The van der Waals surface area contributed by atoms with Gasteiger partial charge in [-0.2, -0.15) is 0 Å². The fourth-order valence-electron chi connectivity index (χ4n) is 2.63. The summed E-state index contributed by atoms with van der Waals surface area (Å²) in [5.41, 5.74) is 1.84. The van der Waals surface area contributed by atoms with E-state index in [4.69, 9.17) is 20.8 Å². The molecule has 0 radical (unpaired) electrons. The largest absolute Gasteiger partial charge is 0.462 e. The Hall–Kier alpha value is -2.51. The molecule has 146 valence electrons. The number of halogens is 1. The van der Waals surface area contributed by atoms with Gasteiger partial charge in [0.15, 0.2) is 0 Å². The monoisotopic (exact) mass is 419 g/mol. The third-order valence-electron chi connectivity index (χ3n) is 3.89. The van der Waals surface area contributed by atoms with E-state index < -0.39 is 23.7 Å². The molecule has 1 fully saturated rings. The zero-order chi connectivity index (χ0) is 20.4. The second-order valence-electron chi connectivity index (χ2n) is 6.47. The van der Waals surface area contributed by atoms with Crippen molar-refractivity contribution in [1.82, 2.24) is 4.90 Å². The van der Waals surface area contributed by atoms with Crippen LogP contribution in [0.4, 0.5) is 4.79 Å². The van der Waals surface area contributed by atoms with Crippen molar-refractivity contribution in [3.63, 3.8) is 0 Å². The van der Waals surface area contributed by atoms with Gasteiger partial charge in [0.2, 0.25) is 0 Å². The lowest BCUT2D eigenvalue weighted by molar-refractivity contribution is -0.149. The molecule has 1 aromatic carbocycles. The number of benzene rings is 1. The highest BCUT2D eigenvalue weighted by Gasteiger charge is 2.37. The summed E-state index contributed by atoms with van der Waals surface area (Å²) >= 11 is 6.81. The minimum Gasteiger partial charge on any atom is -0.462 e. The molecule has 0 unspecified atom stereocenters. The van der Waals surface area contributed by atoms with E-state index in [1.165, 1.54) is 6.08 Å². The van der Waals surface area contributed by atoms with Crippen LogP contribution >= 0.6 is 23.4 Å². The molecule has 0 spiro atoms. The number of carbonyl (C=O) groups is 3. The number of hydrogen-bond acceptors (Lipinski definition) is 6. The Labute approximate surface area is 171 Å². The normalized spacial score (nSPS) is 15.8. The molecule has 0 bridgehead atoms.